The monoisotopic (exact) mass is 264 g/mol. The second-order valence-corrected chi connectivity index (χ2v) is 4.57. The van der Waals surface area contributed by atoms with E-state index in [2.05, 4.69) is 13.8 Å². The normalized spacial score (nSPS) is 12.0. The van der Waals surface area contributed by atoms with Crippen molar-refractivity contribution in [3.05, 3.63) is 23.8 Å². The SMILES string of the molecule is CCOc1cc(N)cc(C(=O)N(CC)C(C)CC)c1. The van der Waals surface area contributed by atoms with Crippen LogP contribution in [0.3, 0.4) is 0 Å². The van der Waals surface area contributed by atoms with Crippen molar-refractivity contribution in [3.8, 4) is 5.75 Å². The molecule has 1 amide bonds. The molecule has 1 aromatic carbocycles. The maximum Gasteiger partial charge on any atom is 0.254 e. The minimum absolute atomic E-state index is 0.00473. The molecule has 1 atom stereocenters. The van der Waals surface area contributed by atoms with Gasteiger partial charge in [0.05, 0.1) is 6.61 Å². The van der Waals surface area contributed by atoms with E-state index in [1.54, 1.807) is 18.2 Å². The predicted octanol–water partition coefficient (Wildman–Crippen LogP) is 2.93. The predicted molar refractivity (Wildman–Crippen MR) is 78.5 cm³/mol. The molecule has 19 heavy (non-hydrogen) atoms. The van der Waals surface area contributed by atoms with E-state index in [1.165, 1.54) is 0 Å². The van der Waals surface area contributed by atoms with Crippen molar-refractivity contribution in [2.75, 3.05) is 18.9 Å². The van der Waals surface area contributed by atoms with Crippen molar-refractivity contribution in [2.45, 2.75) is 40.2 Å². The number of ether oxygens (including phenoxy) is 1. The van der Waals surface area contributed by atoms with Crippen LogP contribution in [0.25, 0.3) is 0 Å². The summed E-state index contributed by atoms with van der Waals surface area (Å²) < 4.78 is 5.43. The lowest BCUT2D eigenvalue weighted by molar-refractivity contribution is 0.0699. The molecule has 1 aromatic rings. The molecule has 0 bridgehead atoms. The average molecular weight is 264 g/mol. The molecule has 0 aliphatic rings. The fourth-order valence-corrected chi connectivity index (χ4v) is 2.04. The highest BCUT2D eigenvalue weighted by Gasteiger charge is 2.19. The zero-order valence-electron chi connectivity index (χ0n) is 12.3. The van der Waals surface area contributed by atoms with Gasteiger partial charge in [-0.25, -0.2) is 0 Å². The summed E-state index contributed by atoms with van der Waals surface area (Å²) in [7, 11) is 0. The molecule has 0 saturated carbocycles. The highest BCUT2D eigenvalue weighted by molar-refractivity contribution is 5.95. The van der Waals surface area contributed by atoms with E-state index in [0.717, 1.165) is 6.42 Å². The standard InChI is InChI=1S/C15H24N2O2/c1-5-11(4)17(6-2)15(18)12-8-13(16)10-14(9-12)19-7-3/h8-11H,5-7,16H2,1-4H3. The van der Waals surface area contributed by atoms with E-state index in [4.69, 9.17) is 10.5 Å². The topological polar surface area (TPSA) is 55.6 Å². The van der Waals surface area contributed by atoms with Crippen LogP contribution in [0.4, 0.5) is 5.69 Å². The number of nitrogen functional groups attached to an aromatic ring is 1. The molecule has 1 unspecified atom stereocenters. The number of anilines is 1. The summed E-state index contributed by atoms with van der Waals surface area (Å²) >= 11 is 0. The molecule has 2 N–H and O–H groups in total. The van der Waals surface area contributed by atoms with Crippen molar-refractivity contribution in [3.63, 3.8) is 0 Å². The summed E-state index contributed by atoms with van der Waals surface area (Å²) in [5, 5.41) is 0. The molecular formula is C15H24N2O2. The number of amides is 1. The van der Waals surface area contributed by atoms with E-state index in [9.17, 15) is 4.79 Å². The average Bonchev–Trinajstić information content (AvgIpc) is 2.38. The first-order valence-corrected chi connectivity index (χ1v) is 6.87. The van der Waals surface area contributed by atoms with Crippen LogP contribution in [-0.4, -0.2) is 30.0 Å². The number of hydrogen-bond acceptors (Lipinski definition) is 3. The van der Waals surface area contributed by atoms with E-state index in [0.29, 0.717) is 30.2 Å². The van der Waals surface area contributed by atoms with Crippen LogP contribution in [0.2, 0.25) is 0 Å². The Bertz CT molecular complexity index is 432. The molecule has 0 fully saturated rings. The van der Waals surface area contributed by atoms with Gasteiger partial charge in [0.2, 0.25) is 0 Å². The van der Waals surface area contributed by atoms with E-state index < -0.39 is 0 Å². The largest absolute Gasteiger partial charge is 0.494 e. The Morgan fingerprint density at radius 1 is 1.32 bits per heavy atom. The van der Waals surface area contributed by atoms with Crippen LogP contribution < -0.4 is 10.5 Å². The number of carbonyl (C=O) groups is 1. The fraction of sp³-hybridized carbons (Fsp3) is 0.533. The van der Waals surface area contributed by atoms with Gasteiger partial charge >= 0.3 is 0 Å². The minimum Gasteiger partial charge on any atom is -0.494 e. The third kappa shape index (κ3) is 3.88. The van der Waals surface area contributed by atoms with Crippen LogP contribution in [0.15, 0.2) is 18.2 Å². The van der Waals surface area contributed by atoms with Gasteiger partial charge in [0.25, 0.3) is 5.91 Å². The Morgan fingerprint density at radius 3 is 2.53 bits per heavy atom. The molecule has 0 spiro atoms. The molecule has 0 saturated heterocycles. The van der Waals surface area contributed by atoms with Gasteiger partial charge in [-0.3, -0.25) is 4.79 Å². The summed E-state index contributed by atoms with van der Waals surface area (Å²) in [6.45, 7) is 9.26. The number of nitrogens with zero attached hydrogens (tertiary/aromatic N) is 1. The number of hydrogen-bond donors (Lipinski definition) is 1. The number of rotatable bonds is 6. The van der Waals surface area contributed by atoms with Gasteiger partial charge in [0.15, 0.2) is 0 Å². The molecule has 4 nitrogen and oxygen atoms in total. The maximum absolute atomic E-state index is 12.5. The van der Waals surface area contributed by atoms with Gasteiger partial charge in [0, 0.05) is 29.9 Å². The molecule has 0 aliphatic carbocycles. The second-order valence-electron chi connectivity index (χ2n) is 4.57. The number of carbonyl (C=O) groups excluding carboxylic acids is 1. The van der Waals surface area contributed by atoms with Gasteiger partial charge in [-0.05, 0) is 39.3 Å². The first kappa shape index (κ1) is 15.3. The zero-order chi connectivity index (χ0) is 14.4. The highest BCUT2D eigenvalue weighted by Crippen LogP contribution is 2.21. The van der Waals surface area contributed by atoms with Crippen molar-refractivity contribution >= 4 is 11.6 Å². The molecule has 0 aromatic heterocycles. The van der Waals surface area contributed by atoms with Crippen LogP contribution in [0.1, 0.15) is 44.5 Å². The van der Waals surface area contributed by atoms with Gasteiger partial charge in [0.1, 0.15) is 5.75 Å². The Hall–Kier alpha value is -1.71. The van der Waals surface area contributed by atoms with Crippen molar-refractivity contribution in [1.29, 1.82) is 0 Å². The zero-order valence-corrected chi connectivity index (χ0v) is 12.3. The van der Waals surface area contributed by atoms with Crippen LogP contribution in [0.5, 0.6) is 5.75 Å². The Balaban J connectivity index is 3.03. The van der Waals surface area contributed by atoms with Gasteiger partial charge < -0.3 is 15.4 Å². The lowest BCUT2D eigenvalue weighted by Gasteiger charge is -2.27. The molecule has 0 heterocycles. The first-order chi connectivity index (χ1) is 9.03. The van der Waals surface area contributed by atoms with Gasteiger partial charge in [-0.1, -0.05) is 6.92 Å². The summed E-state index contributed by atoms with van der Waals surface area (Å²) in [4.78, 5) is 14.4. The summed E-state index contributed by atoms with van der Waals surface area (Å²) in [5.74, 6) is 0.649. The third-order valence-electron chi connectivity index (χ3n) is 3.21. The van der Waals surface area contributed by atoms with Crippen LogP contribution >= 0.6 is 0 Å². The van der Waals surface area contributed by atoms with E-state index in [1.807, 2.05) is 18.7 Å². The molecule has 0 aliphatic heterocycles. The highest BCUT2D eigenvalue weighted by atomic mass is 16.5. The Labute approximate surface area is 115 Å². The van der Waals surface area contributed by atoms with Crippen LogP contribution in [-0.2, 0) is 0 Å². The summed E-state index contributed by atoms with van der Waals surface area (Å²) in [6, 6.07) is 5.41. The van der Waals surface area contributed by atoms with E-state index >= 15 is 0 Å². The summed E-state index contributed by atoms with van der Waals surface area (Å²) in [6.07, 6.45) is 0.931. The Kier molecular flexibility index (Phi) is 5.67. The van der Waals surface area contributed by atoms with Crippen molar-refractivity contribution < 1.29 is 9.53 Å². The summed E-state index contributed by atoms with van der Waals surface area (Å²) in [5.41, 5.74) is 6.97. The minimum atomic E-state index is 0.00473. The molecule has 0 radical (unpaired) electrons. The second kappa shape index (κ2) is 7.02. The Morgan fingerprint density at radius 2 is 2.00 bits per heavy atom. The van der Waals surface area contributed by atoms with Crippen LogP contribution in [0, 0.1) is 0 Å². The number of nitrogens with two attached hydrogens (primary N) is 1. The van der Waals surface area contributed by atoms with Crippen molar-refractivity contribution in [1.82, 2.24) is 4.90 Å². The third-order valence-corrected chi connectivity index (χ3v) is 3.21. The van der Waals surface area contributed by atoms with Crippen molar-refractivity contribution in [2.24, 2.45) is 0 Å². The van der Waals surface area contributed by atoms with Gasteiger partial charge in [-0.15, -0.1) is 0 Å². The lowest BCUT2D eigenvalue weighted by Crippen LogP contribution is -2.38. The lowest BCUT2D eigenvalue weighted by atomic mass is 10.1. The molecule has 106 valence electrons. The number of benzene rings is 1. The van der Waals surface area contributed by atoms with E-state index in [-0.39, 0.29) is 11.9 Å². The fourth-order valence-electron chi connectivity index (χ4n) is 2.04. The van der Waals surface area contributed by atoms with Gasteiger partial charge in [-0.2, -0.15) is 0 Å². The molecular weight excluding hydrogens is 240 g/mol. The molecule has 1 rings (SSSR count). The smallest absolute Gasteiger partial charge is 0.254 e. The quantitative estimate of drug-likeness (QED) is 0.804. The molecule has 4 heteroatoms. The first-order valence-electron chi connectivity index (χ1n) is 6.87. The maximum atomic E-state index is 12.5.